The molecule has 0 unspecified atom stereocenters. The maximum Gasteiger partial charge on any atom is 0.341 e. The van der Waals surface area contributed by atoms with E-state index in [9.17, 15) is 13.2 Å². The third-order valence-electron chi connectivity index (χ3n) is 5.30. The number of carbonyl (C=O) groups is 1. The van der Waals surface area contributed by atoms with Crippen molar-refractivity contribution in [2.45, 2.75) is 25.7 Å². The molecule has 1 N–H and O–H groups in total. The van der Waals surface area contributed by atoms with Gasteiger partial charge in [-0.3, -0.25) is 4.72 Å². The Morgan fingerprint density at radius 3 is 2.03 bits per heavy atom. The van der Waals surface area contributed by atoms with Crippen LogP contribution in [0.4, 0.5) is 5.69 Å². The molecule has 0 amide bonds. The number of nitrogens with one attached hydrogen (secondary N) is 1. The van der Waals surface area contributed by atoms with Crippen LogP contribution in [0.1, 0.15) is 35.2 Å². The third-order valence-corrected chi connectivity index (χ3v) is 5.90. The Balaban J connectivity index is 1.37. The van der Waals surface area contributed by atoms with Gasteiger partial charge in [0.1, 0.15) is 22.8 Å². The summed E-state index contributed by atoms with van der Waals surface area (Å²) in [6.45, 7) is 1.68. The quantitative estimate of drug-likeness (QED) is 0.217. The summed E-state index contributed by atoms with van der Waals surface area (Å²) in [5.41, 5.74) is 1.57. The van der Waals surface area contributed by atoms with Gasteiger partial charge in [0.05, 0.1) is 33.2 Å². The topological polar surface area (TPSA) is 100 Å². The molecule has 37 heavy (non-hydrogen) atoms. The van der Waals surface area contributed by atoms with Crippen LogP contribution >= 0.6 is 0 Å². The minimum Gasteiger partial charge on any atom is -0.494 e. The van der Waals surface area contributed by atoms with Crippen LogP contribution in [0.2, 0.25) is 0 Å². The molecular formula is C28H33NO7S. The molecule has 0 radical (unpaired) electrons. The highest BCUT2D eigenvalue weighted by molar-refractivity contribution is 7.92. The summed E-state index contributed by atoms with van der Waals surface area (Å²) in [7, 11) is -2.21. The molecule has 0 aromatic heterocycles. The first-order valence-electron chi connectivity index (χ1n) is 12.1. The Hall–Kier alpha value is -3.72. The van der Waals surface area contributed by atoms with Crippen molar-refractivity contribution >= 4 is 21.7 Å². The van der Waals surface area contributed by atoms with Crippen LogP contribution in [0.15, 0.2) is 72.8 Å². The number of ether oxygens (including phenoxy) is 4. The summed E-state index contributed by atoms with van der Waals surface area (Å²) in [6, 6.07) is 22.2. The van der Waals surface area contributed by atoms with E-state index in [0.29, 0.717) is 25.6 Å². The van der Waals surface area contributed by atoms with Gasteiger partial charge in [-0.25, -0.2) is 13.2 Å². The van der Waals surface area contributed by atoms with Gasteiger partial charge >= 0.3 is 5.97 Å². The lowest BCUT2D eigenvalue weighted by Gasteiger charge is -2.13. The van der Waals surface area contributed by atoms with Gasteiger partial charge in [-0.05, 0) is 73.7 Å². The van der Waals surface area contributed by atoms with Crippen LogP contribution in [0.5, 0.6) is 17.2 Å². The van der Waals surface area contributed by atoms with Gasteiger partial charge in [-0.15, -0.1) is 0 Å². The Morgan fingerprint density at radius 2 is 1.41 bits per heavy atom. The highest BCUT2D eigenvalue weighted by Gasteiger charge is 2.15. The number of anilines is 1. The Morgan fingerprint density at radius 1 is 0.784 bits per heavy atom. The van der Waals surface area contributed by atoms with E-state index in [1.807, 2.05) is 54.6 Å². The van der Waals surface area contributed by atoms with Crippen molar-refractivity contribution in [3.63, 3.8) is 0 Å². The minimum atomic E-state index is -3.47. The molecular weight excluding hydrogens is 494 g/mol. The number of rotatable bonds is 15. The average molecular weight is 528 g/mol. The monoisotopic (exact) mass is 527 g/mol. The predicted molar refractivity (Wildman–Crippen MR) is 143 cm³/mol. The molecule has 0 aliphatic heterocycles. The molecule has 3 aromatic rings. The Kier molecular flexibility index (Phi) is 10.6. The smallest absolute Gasteiger partial charge is 0.341 e. The average Bonchev–Trinajstić information content (AvgIpc) is 2.89. The van der Waals surface area contributed by atoms with Gasteiger partial charge in [-0.1, -0.05) is 30.3 Å². The van der Waals surface area contributed by atoms with Gasteiger partial charge in [0.15, 0.2) is 0 Å². The van der Waals surface area contributed by atoms with Crippen LogP contribution < -0.4 is 18.9 Å². The van der Waals surface area contributed by atoms with Crippen molar-refractivity contribution in [1.29, 1.82) is 0 Å². The second kappa shape index (κ2) is 14.1. The number of hydrogen-bond donors (Lipinski definition) is 1. The molecule has 0 atom stereocenters. The third kappa shape index (κ3) is 10.0. The minimum absolute atomic E-state index is 0.157. The van der Waals surface area contributed by atoms with E-state index in [0.717, 1.165) is 49.0 Å². The zero-order chi connectivity index (χ0) is 26.5. The number of carbonyl (C=O) groups excluding carboxylic acids is 1. The fourth-order valence-electron chi connectivity index (χ4n) is 3.51. The highest BCUT2D eigenvalue weighted by Crippen LogP contribution is 2.25. The number of esters is 1. The summed E-state index contributed by atoms with van der Waals surface area (Å²) >= 11 is 0. The van der Waals surface area contributed by atoms with Crippen LogP contribution in [-0.4, -0.2) is 47.6 Å². The standard InChI is InChI=1S/C28H33NO7S/c1-33-28(30)26-21-23(29-37(2,31)32)14-17-27(26)36-20-8-9-22-12-15-25(16-13-22)35-19-7-6-18-34-24-10-4-3-5-11-24/h3-5,10-17,21,29H,6-9,18-20H2,1-2H3. The van der Waals surface area contributed by atoms with Gasteiger partial charge in [0.25, 0.3) is 0 Å². The largest absolute Gasteiger partial charge is 0.494 e. The van der Waals surface area contributed by atoms with Crippen molar-refractivity contribution in [1.82, 2.24) is 0 Å². The molecule has 3 rings (SSSR count). The van der Waals surface area contributed by atoms with Crippen LogP contribution in [0.25, 0.3) is 0 Å². The fraction of sp³-hybridized carbons (Fsp3) is 0.321. The van der Waals surface area contributed by atoms with Gasteiger partial charge < -0.3 is 18.9 Å². The fourth-order valence-corrected chi connectivity index (χ4v) is 4.07. The van der Waals surface area contributed by atoms with Gasteiger partial charge in [0, 0.05) is 5.69 Å². The van der Waals surface area contributed by atoms with E-state index in [-0.39, 0.29) is 11.3 Å². The molecule has 0 spiro atoms. The summed E-state index contributed by atoms with van der Waals surface area (Å²) in [6.07, 6.45) is 4.38. The number of para-hydroxylation sites is 1. The van der Waals surface area contributed by atoms with Crippen molar-refractivity contribution in [2.75, 3.05) is 37.9 Å². The number of sulfonamides is 1. The summed E-state index contributed by atoms with van der Waals surface area (Å²) < 4.78 is 47.4. The molecule has 0 saturated carbocycles. The normalized spacial score (nSPS) is 11.0. The molecule has 0 fully saturated rings. The zero-order valence-corrected chi connectivity index (χ0v) is 22.0. The first-order valence-corrected chi connectivity index (χ1v) is 14.0. The van der Waals surface area contributed by atoms with Crippen molar-refractivity contribution < 1.29 is 32.2 Å². The lowest BCUT2D eigenvalue weighted by atomic mass is 10.1. The number of aryl methyl sites for hydroxylation is 1. The molecule has 8 nitrogen and oxygen atoms in total. The Bertz CT molecular complexity index is 1230. The maximum atomic E-state index is 12.1. The first-order chi connectivity index (χ1) is 17.8. The Labute approximate surface area is 218 Å². The van der Waals surface area contributed by atoms with E-state index >= 15 is 0 Å². The van der Waals surface area contributed by atoms with Crippen molar-refractivity contribution in [2.24, 2.45) is 0 Å². The molecule has 0 aliphatic rings. The predicted octanol–water partition coefficient (Wildman–Crippen LogP) is 5.09. The van der Waals surface area contributed by atoms with Gasteiger partial charge in [-0.2, -0.15) is 0 Å². The maximum absolute atomic E-state index is 12.1. The molecule has 3 aromatic carbocycles. The van der Waals surface area contributed by atoms with E-state index in [1.165, 1.54) is 19.2 Å². The second-order valence-electron chi connectivity index (χ2n) is 8.39. The second-order valence-corrected chi connectivity index (χ2v) is 10.1. The van der Waals surface area contributed by atoms with E-state index in [4.69, 9.17) is 18.9 Å². The van der Waals surface area contributed by atoms with Crippen molar-refractivity contribution in [3.05, 3.63) is 83.9 Å². The number of unbranched alkanes of at least 4 members (excludes halogenated alkanes) is 1. The molecule has 0 aliphatic carbocycles. The molecule has 0 heterocycles. The van der Waals surface area contributed by atoms with Crippen molar-refractivity contribution in [3.8, 4) is 17.2 Å². The van der Waals surface area contributed by atoms with E-state index in [2.05, 4.69) is 4.72 Å². The summed E-state index contributed by atoms with van der Waals surface area (Å²) in [5, 5.41) is 0. The highest BCUT2D eigenvalue weighted by atomic mass is 32.2. The molecule has 0 bridgehead atoms. The van der Waals surface area contributed by atoms with Crippen LogP contribution in [0, 0.1) is 0 Å². The van der Waals surface area contributed by atoms with Gasteiger partial charge in [0.2, 0.25) is 10.0 Å². The number of methoxy groups -OCH3 is 1. The summed E-state index contributed by atoms with van der Waals surface area (Å²) in [4.78, 5) is 12.1. The number of benzene rings is 3. The SMILES string of the molecule is COC(=O)c1cc(NS(C)(=O)=O)ccc1OCCCc1ccc(OCCCCOc2ccccc2)cc1. The van der Waals surface area contributed by atoms with E-state index < -0.39 is 16.0 Å². The lowest BCUT2D eigenvalue weighted by molar-refractivity contribution is 0.0596. The lowest BCUT2D eigenvalue weighted by Crippen LogP contribution is -2.12. The molecule has 0 saturated heterocycles. The zero-order valence-electron chi connectivity index (χ0n) is 21.1. The first kappa shape index (κ1) is 27.9. The molecule has 198 valence electrons. The molecule has 9 heteroatoms. The van der Waals surface area contributed by atoms with E-state index in [1.54, 1.807) is 6.07 Å². The van der Waals surface area contributed by atoms with Crippen LogP contribution in [-0.2, 0) is 21.2 Å². The summed E-state index contributed by atoms with van der Waals surface area (Å²) in [5.74, 6) is 1.44. The number of hydrogen-bond acceptors (Lipinski definition) is 7. The van der Waals surface area contributed by atoms with Crippen LogP contribution in [0.3, 0.4) is 0 Å².